The standard InChI is InChI=1S/C18H36N2/c1-4-15-7-8-17(19)16(13-15)14-20-11-9-18(5-2,6-3)10-12-20/h15-17H,4-14,19H2,1-3H3. The quantitative estimate of drug-likeness (QED) is 0.823. The van der Waals surface area contributed by atoms with Crippen LogP contribution in [-0.4, -0.2) is 30.6 Å². The molecule has 0 amide bonds. The molecule has 1 aliphatic carbocycles. The third-order valence-corrected chi connectivity index (χ3v) is 6.64. The van der Waals surface area contributed by atoms with Crippen LogP contribution in [0.3, 0.4) is 0 Å². The van der Waals surface area contributed by atoms with Crippen molar-refractivity contribution in [2.24, 2.45) is 23.0 Å². The summed E-state index contributed by atoms with van der Waals surface area (Å²) in [4.78, 5) is 2.71. The van der Waals surface area contributed by atoms with Gasteiger partial charge in [-0.25, -0.2) is 0 Å². The molecule has 0 radical (unpaired) electrons. The summed E-state index contributed by atoms with van der Waals surface area (Å²) in [7, 11) is 0. The summed E-state index contributed by atoms with van der Waals surface area (Å²) in [5.41, 5.74) is 7.04. The van der Waals surface area contributed by atoms with Gasteiger partial charge in [0.2, 0.25) is 0 Å². The Morgan fingerprint density at radius 1 is 1.05 bits per heavy atom. The van der Waals surface area contributed by atoms with Gasteiger partial charge >= 0.3 is 0 Å². The Hall–Kier alpha value is -0.0800. The third kappa shape index (κ3) is 3.76. The monoisotopic (exact) mass is 280 g/mol. The van der Waals surface area contributed by atoms with E-state index >= 15 is 0 Å². The maximum Gasteiger partial charge on any atom is 0.00795 e. The van der Waals surface area contributed by atoms with E-state index in [0.29, 0.717) is 11.5 Å². The molecule has 118 valence electrons. The molecular formula is C18H36N2. The molecule has 0 aromatic carbocycles. The predicted molar refractivity (Wildman–Crippen MR) is 87.8 cm³/mol. The Labute approximate surface area is 126 Å². The Morgan fingerprint density at radius 2 is 1.70 bits per heavy atom. The molecule has 2 N–H and O–H groups in total. The molecule has 2 nitrogen and oxygen atoms in total. The van der Waals surface area contributed by atoms with Crippen molar-refractivity contribution < 1.29 is 0 Å². The van der Waals surface area contributed by atoms with E-state index < -0.39 is 0 Å². The summed E-state index contributed by atoms with van der Waals surface area (Å²) in [6.07, 6.45) is 10.9. The molecule has 1 saturated heterocycles. The molecule has 2 heteroatoms. The van der Waals surface area contributed by atoms with Gasteiger partial charge in [0, 0.05) is 12.6 Å². The summed E-state index contributed by atoms with van der Waals surface area (Å²) < 4.78 is 0. The van der Waals surface area contributed by atoms with E-state index in [1.54, 1.807) is 0 Å². The first-order valence-corrected chi connectivity index (χ1v) is 9.10. The minimum Gasteiger partial charge on any atom is -0.327 e. The van der Waals surface area contributed by atoms with Gasteiger partial charge in [-0.2, -0.15) is 0 Å². The highest BCUT2D eigenvalue weighted by molar-refractivity contribution is 4.88. The van der Waals surface area contributed by atoms with Crippen LogP contribution >= 0.6 is 0 Å². The van der Waals surface area contributed by atoms with Crippen molar-refractivity contribution in [2.45, 2.75) is 78.2 Å². The topological polar surface area (TPSA) is 29.3 Å². The van der Waals surface area contributed by atoms with Crippen LogP contribution in [0.2, 0.25) is 0 Å². The lowest BCUT2D eigenvalue weighted by Gasteiger charge is -2.44. The summed E-state index contributed by atoms with van der Waals surface area (Å²) in [5, 5.41) is 0. The lowest BCUT2D eigenvalue weighted by atomic mass is 9.73. The van der Waals surface area contributed by atoms with Crippen LogP contribution in [-0.2, 0) is 0 Å². The van der Waals surface area contributed by atoms with Crippen LogP contribution in [0.5, 0.6) is 0 Å². The highest BCUT2D eigenvalue weighted by atomic mass is 15.1. The number of hydrogen-bond acceptors (Lipinski definition) is 2. The molecule has 0 bridgehead atoms. The van der Waals surface area contributed by atoms with Crippen molar-refractivity contribution in [1.82, 2.24) is 4.90 Å². The van der Waals surface area contributed by atoms with Gasteiger partial charge in [-0.3, -0.25) is 0 Å². The Kier molecular flexibility index (Phi) is 5.92. The van der Waals surface area contributed by atoms with Crippen molar-refractivity contribution in [1.29, 1.82) is 0 Å². The van der Waals surface area contributed by atoms with Gasteiger partial charge in [-0.15, -0.1) is 0 Å². The van der Waals surface area contributed by atoms with E-state index in [2.05, 4.69) is 25.7 Å². The van der Waals surface area contributed by atoms with E-state index in [0.717, 1.165) is 11.8 Å². The van der Waals surface area contributed by atoms with Crippen molar-refractivity contribution in [3.63, 3.8) is 0 Å². The van der Waals surface area contributed by atoms with Gasteiger partial charge in [-0.1, -0.05) is 40.0 Å². The zero-order valence-electron chi connectivity index (χ0n) is 14.0. The molecule has 0 aromatic heterocycles. The molecule has 0 spiro atoms. The number of hydrogen-bond donors (Lipinski definition) is 1. The number of nitrogens with two attached hydrogens (primary N) is 1. The summed E-state index contributed by atoms with van der Waals surface area (Å²) in [6.45, 7) is 11.0. The molecule has 2 aliphatic rings. The van der Waals surface area contributed by atoms with E-state index in [1.165, 1.54) is 71.0 Å². The second kappa shape index (κ2) is 7.26. The third-order valence-electron chi connectivity index (χ3n) is 6.64. The maximum absolute atomic E-state index is 6.39. The normalized spacial score (nSPS) is 35.1. The van der Waals surface area contributed by atoms with E-state index in [1.807, 2.05) is 0 Å². The molecule has 2 fully saturated rings. The molecular weight excluding hydrogens is 244 g/mol. The fourth-order valence-corrected chi connectivity index (χ4v) is 4.46. The van der Waals surface area contributed by atoms with Gasteiger partial charge in [0.15, 0.2) is 0 Å². The first kappa shape index (κ1) is 16.3. The molecule has 1 saturated carbocycles. The van der Waals surface area contributed by atoms with Gasteiger partial charge in [0.05, 0.1) is 0 Å². The van der Waals surface area contributed by atoms with Gasteiger partial charge in [-0.05, 0) is 62.4 Å². The lowest BCUT2D eigenvalue weighted by molar-refractivity contribution is 0.0696. The maximum atomic E-state index is 6.39. The van der Waals surface area contributed by atoms with Gasteiger partial charge < -0.3 is 10.6 Å². The smallest absolute Gasteiger partial charge is 0.00795 e. The average Bonchev–Trinajstić information content (AvgIpc) is 2.50. The summed E-state index contributed by atoms with van der Waals surface area (Å²) in [6, 6.07) is 0.460. The van der Waals surface area contributed by atoms with Crippen molar-refractivity contribution in [3.8, 4) is 0 Å². The fraction of sp³-hybridized carbons (Fsp3) is 1.00. The van der Waals surface area contributed by atoms with Crippen LogP contribution in [0.25, 0.3) is 0 Å². The highest BCUT2D eigenvalue weighted by Gasteiger charge is 2.34. The summed E-state index contributed by atoms with van der Waals surface area (Å²) >= 11 is 0. The molecule has 0 aromatic rings. The van der Waals surface area contributed by atoms with Crippen LogP contribution in [0.15, 0.2) is 0 Å². The first-order chi connectivity index (χ1) is 9.62. The van der Waals surface area contributed by atoms with E-state index in [9.17, 15) is 0 Å². The molecule has 3 atom stereocenters. The van der Waals surface area contributed by atoms with Gasteiger partial charge in [0.25, 0.3) is 0 Å². The SMILES string of the molecule is CCC1CCC(N)C(CN2CCC(CC)(CC)CC2)C1. The number of nitrogens with zero attached hydrogens (tertiary/aromatic N) is 1. The highest BCUT2D eigenvalue weighted by Crippen LogP contribution is 2.39. The van der Waals surface area contributed by atoms with E-state index in [4.69, 9.17) is 5.73 Å². The second-order valence-electron chi connectivity index (χ2n) is 7.52. The second-order valence-corrected chi connectivity index (χ2v) is 7.52. The minimum atomic E-state index is 0.460. The number of piperidine rings is 1. The molecule has 3 unspecified atom stereocenters. The first-order valence-electron chi connectivity index (χ1n) is 9.10. The number of rotatable bonds is 5. The Balaban J connectivity index is 1.82. The van der Waals surface area contributed by atoms with Crippen LogP contribution in [0.1, 0.15) is 72.1 Å². The fourth-order valence-electron chi connectivity index (χ4n) is 4.46. The molecule has 1 heterocycles. The van der Waals surface area contributed by atoms with Crippen molar-refractivity contribution in [3.05, 3.63) is 0 Å². The Bertz CT molecular complexity index is 275. The van der Waals surface area contributed by atoms with Crippen LogP contribution in [0.4, 0.5) is 0 Å². The zero-order chi connectivity index (χ0) is 14.6. The largest absolute Gasteiger partial charge is 0.327 e. The van der Waals surface area contributed by atoms with E-state index in [-0.39, 0.29) is 0 Å². The molecule has 1 aliphatic heterocycles. The molecule has 2 rings (SSSR count). The minimum absolute atomic E-state index is 0.460. The van der Waals surface area contributed by atoms with Crippen LogP contribution < -0.4 is 5.73 Å². The van der Waals surface area contributed by atoms with Crippen LogP contribution in [0, 0.1) is 17.3 Å². The number of likely N-dealkylation sites (tertiary alicyclic amines) is 1. The lowest BCUT2D eigenvalue weighted by Crippen LogP contribution is -2.47. The molecule has 20 heavy (non-hydrogen) atoms. The van der Waals surface area contributed by atoms with Gasteiger partial charge in [0.1, 0.15) is 0 Å². The van der Waals surface area contributed by atoms with Crippen molar-refractivity contribution in [2.75, 3.05) is 19.6 Å². The average molecular weight is 280 g/mol. The predicted octanol–water partition coefficient (Wildman–Crippen LogP) is 4.04. The van der Waals surface area contributed by atoms with Crippen molar-refractivity contribution >= 4 is 0 Å². The Morgan fingerprint density at radius 3 is 2.25 bits per heavy atom. The summed E-state index contributed by atoms with van der Waals surface area (Å²) in [5.74, 6) is 1.69. The zero-order valence-corrected chi connectivity index (χ0v) is 14.0.